The molecule has 126 valence electrons. The van der Waals surface area contributed by atoms with Gasteiger partial charge in [0, 0.05) is 32.4 Å². The molecule has 0 bridgehead atoms. The molecule has 3 rings (SSSR count). The van der Waals surface area contributed by atoms with Gasteiger partial charge in [-0.2, -0.15) is 12.7 Å². The van der Waals surface area contributed by atoms with E-state index < -0.39 is 16.2 Å². The number of ether oxygens (including phenoxy) is 1. The molecule has 0 radical (unpaired) electrons. The van der Waals surface area contributed by atoms with Gasteiger partial charge in [-0.25, -0.2) is 14.1 Å². The summed E-state index contributed by atoms with van der Waals surface area (Å²) < 4.78 is 33.7. The van der Waals surface area contributed by atoms with Gasteiger partial charge in [0.15, 0.2) is 0 Å². The first-order valence-corrected chi connectivity index (χ1v) is 8.62. The average Bonchev–Trinajstić information content (AvgIpc) is 2.54. The Morgan fingerprint density at radius 2 is 1.96 bits per heavy atom. The molecule has 1 fully saturated rings. The molecular formula is C13H18N4O5S. The van der Waals surface area contributed by atoms with Crippen LogP contribution in [0, 0.1) is 0 Å². The summed E-state index contributed by atoms with van der Waals surface area (Å²) in [5.41, 5.74) is 0.0999. The Kier molecular flexibility index (Phi) is 4.13. The lowest BCUT2D eigenvalue weighted by Gasteiger charge is -2.37. The van der Waals surface area contributed by atoms with E-state index in [0.29, 0.717) is 26.2 Å². The van der Waals surface area contributed by atoms with Crippen molar-refractivity contribution in [3.05, 3.63) is 17.8 Å². The molecule has 0 spiro atoms. The second kappa shape index (κ2) is 5.95. The van der Waals surface area contributed by atoms with Gasteiger partial charge in [-0.1, -0.05) is 0 Å². The molecule has 2 aliphatic rings. The van der Waals surface area contributed by atoms with Crippen molar-refractivity contribution in [1.29, 1.82) is 0 Å². The minimum atomic E-state index is -3.74. The lowest BCUT2D eigenvalue weighted by atomic mass is 10.2. The van der Waals surface area contributed by atoms with Gasteiger partial charge >= 0.3 is 16.2 Å². The minimum Gasteiger partial charge on any atom is -0.478 e. The van der Waals surface area contributed by atoms with Crippen molar-refractivity contribution in [3.63, 3.8) is 0 Å². The van der Waals surface area contributed by atoms with E-state index in [1.54, 1.807) is 0 Å². The molecule has 0 atom stereocenters. The van der Waals surface area contributed by atoms with Crippen LogP contribution in [0.15, 0.2) is 12.3 Å². The zero-order valence-corrected chi connectivity index (χ0v) is 13.5. The highest BCUT2D eigenvalue weighted by atomic mass is 32.2. The number of carbonyl (C=O) groups is 1. The normalized spacial score (nSPS) is 20.0. The van der Waals surface area contributed by atoms with Crippen molar-refractivity contribution in [3.8, 4) is 5.88 Å². The van der Waals surface area contributed by atoms with Crippen LogP contribution in [0.5, 0.6) is 5.88 Å². The number of carboxylic acids is 1. The number of carboxylic acid groups (broad SMARTS) is 1. The number of likely N-dealkylation sites (N-methyl/N-ethyl adjacent to an activating group) is 1. The predicted molar refractivity (Wildman–Crippen MR) is 82.0 cm³/mol. The van der Waals surface area contributed by atoms with Gasteiger partial charge in [0.05, 0.1) is 12.1 Å². The van der Waals surface area contributed by atoms with Crippen LogP contribution in [-0.4, -0.2) is 80.1 Å². The van der Waals surface area contributed by atoms with E-state index in [1.807, 2.05) is 7.05 Å². The number of piperazine rings is 1. The molecule has 1 aromatic heterocycles. The topological polar surface area (TPSA) is 103 Å². The molecular weight excluding hydrogens is 324 g/mol. The number of nitrogens with zero attached hydrogens (tertiary/aromatic N) is 4. The van der Waals surface area contributed by atoms with Gasteiger partial charge in [0.2, 0.25) is 5.88 Å². The van der Waals surface area contributed by atoms with E-state index in [0.717, 1.165) is 6.20 Å². The molecule has 1 saturated heterocycles. The molecule has 3 heterocycles. The zero-order valence-electron chi connectivity index (χ0n) is 12.7. The summed E-state index contributed by atoms with van der Waals surface area (Å²) in [4.78, 5) is 17.1. The van der Waals surface area contributed by atoms with Crippen LogP contribution in [0.3, 0.4) is 0 Å². The van der Waals surface area contributed by atoms with E-state index in [2.05, 4.69) is 9.88 Å². The van der Waals surface area contributed by atoms with Crippen molar-refractivity contribution in [2.24, 2.45) is 0 Å². The van der Waals surface area contributed by atoms with Crippen molar-refractivity contribution in [1.82, 2.24) is 14.2 Å². The lowest BCUT2D eigenvalue weighted by Crippen LogP contribution is -2.53. The summed E-state index contributed by atoms with van der Waals surface area (Å²) in [5.74, 6) is -1.03. The quantitative estimate of drug-likeness (QED) is 0.787. The fourth-order valence-electron chi connectivity index (χ4n) is 2.59. The number of rotatable bonds is 3. The Hall–Kier alpha value is -1.91. The summed E-state index contributed by atoms with van der Waals surface area (Å²) in [6, 6.07) is 1.29. The van der Waals surface area contributed by atoms with E-state index in [4.69, 9.17) is 9.84 Å². The van der Waals surface area contributed by atoms with Crippen molar-refractivity contribution < 1.29 is 23.1 Å². The van der Waals surface area contributed by atoms with Gasteiger partial charge in [-0.15, -0.1) is 0 Å². The van der Waals surface area contributed by atoms with E-state index in [1.165, 1.54) is 14.7 Å². The molecule has 2 aliphatic heterocycles. The van der Waals surface area contributed by atoms with E-state index in [-0.39, 0.29) is 30.3 Å². The second-order valence-electron chi connectivity index (χ2n) is 5.48. The number of aromatic nitrogens is 1. The molecule has 1 aromatic rings. The number of hydrogen-bond donors (Lipinski definition) is 1. The molecule has 10 heteroatoms. The van der Waals surface area contributed by atoms with Gasteiger partial charge in [-0.3, -0.25) is 0 Å². The molecule has 0 amide bonds. The van der Waals surface area contributed by atoms with Crippen LogP contribution in [0.4, 0.5) is 5.69 Å². The fraction of sp³-hybridized carbons (Fsp3) is 0.538. The smallest absolute Gasteiger partial charge is 0.337 e. The zero-order chi connectivity index (χ0) is 16.6. The molecule has 0 unspecified atom stereocenters. The third-order valence-corrected chi connectivity index (χ3v) is 5.90. The van der Waals surface area contributed by atoms with Gasteiger partial charge in [-0.05, 0) is 13.1 Å². The van der Waals surface area contributed by atoms with E-state index in [9.17, 15) is 13.2 Å². The molecule has 0 aromatic carbocycles. The standard InChI is InChI=1S/C13H18N4O5S/c1-15-2-4-16(5-3-15)23(20,21)17-6-7-22-12-11(17)8-10(9-14-12)13(18)19/h8-9H,2-7H2,1H3,(H,18,19). The first-order valence-electron chi connectivity index (χ1n) is 7.22. The SMILES string of the molecule is CN1CCN(S(=O)(=O)N2CCOc3ncc(C(=O)O)cc32)CC1. The van der Waals surface area contributed by atoms with Crippen LogP contribution < -0.4 is 9.04 Å². The Labute approximate surface area is 134 Å². The lowest BCUT2D eigenvalue weighted by molar-refractivity contribution is 0.0696. The first-order chi connectivity index (χ1) is 10.9. The van der Waals surface area contributed by atoms with Crippen LogP contribution in [0.1, 0.15) is 10.4 Å². The Balaban J connectivity index is 1.95. The average molecular weight is 342 g/mol. The Morgan fingerprint density at radius 1 is 1.26 bits per heavy atom. The third kappa shape index (κ3) is 2.96. The summed E-state index contributed by atoms with van der Waals surface area (Å²) in [6.07, 6.45) is 1.16. The van der Waals surface area contributed by atoms with Crippen LogP contribution in [0.2, 0.25) is 0 Å². The van der Waals surface area contributed by atoms with Crippen molar-refractivity contribution >= 4 is 21.9 Å². The fourth-order valence-corrected chi connectivity index (χ4v) is 4.18. The summed E-state index contributed by atoms with van der Waals surface area (Å²) >= 11 is 0. The maximum absolute atomic E-state index is 12.9. The van der Waals surface area contributed by atoms with Crippen LogP contribution >= 0.6 is 0 Å². The minimum absolute atomic E-state index is 0.0761. The molecule has 0 saturated carbocycles. The maximum Gasteiger partial charge on any atom is 0.337 e. The number of hydrogen-bond acceptors (Lipinski definition) is 6. The third-order valence-electron chi connectivity index (χ3n) is 3.95. The molecule has 0 aliphatic carbocycles. The van der Waals surface area contributed by atoms with Gasteiger partial charge in [0.25, 0.3) is 0 Å². The first kappa shape index (κ1) is 16.0. The number of pyridine rings is 1. The monoisotopic (exact) mass is 342 g/mol. The number of anilines is 1. The van der Waals surface area contributed by atoms with Crippen LogP contribution in [-0.2, 0) is 10.2 Å². The van der Waals surface area contributed by atoms with Crippen molar-refractivity contribution in [2.45, 2.75) is 0 Å². The van der Waals surface area contributed by atoms with Gasteiger partial charge in [0.1, 0.15) is 12.3 Å². The summed E-state index contributed by atoms with van der Waals surface area (Å²) in [6.45, 7) is 2.43. The highest BCUT2D eigenvalue weighted by Crippen LogP contribution is 2.33. The highest BCUT2D eigenvalue weighted by molar-refractivity contribution is 7.90. The van der Waals surface area contributed by atoms with Crippen molar-refractivity contribution in [2.75, 3.05) is 50.7 Å². The van der Waals surface area contributed by atoms with E-state index >= 15 is 0 Å². The largest absolute Gasteiger partial charge is 0.478 e. The maximum atomic E-state index is 12.9. The predicted octanol–water partition coefficient (Wildman–Crippen LogP) is -0.529. The summed E-state index contributed by atoms with van der Waals surface area (Å²) in [7, 11) is -1.80. The second-order valence-corrected chi connectivity index (χ2v) is 7.34. The Bertz CT molecular complexity index is 715. The highest BCUT2D eigenvalue weighted by Gasteiger charge is 2.36. The molecule has 23 heavy (non-hydrogen) atoms. The number of fused-ring (bicyclic) bond motifs is 1. The number of aromatic carboxylic acids is 1. The molecule has 9 nitrogen and oxygen atoms in total. The van der Waals surface area contributed by atoms with Gasteiger partial charge < -0.3 is 14.7 Å². The summed E-state index contributed by atoms with van der Waals surface area (Å²) in [5, 5.41) is 9.09. The molecule has 1 N–H and O–H groups in total. The Morgan fingerprint density at radius 3 is 2.61 bits per heavy atom. The van der Waals surface area contributed by atoms with Crippen LogP contribution in [0.25, 0.3) is 0 Å².